The molecule has 0 aromatic carbocycles. The lowest BCUT2D eigenvalue weighted by Gasteiger charge is -2.15. The Bertz CT molecular complexity index is 529. The van der Waals surface area contributed by atoms with Crippen molar-refractivity contribution in [2.45, 2.75) is 19.8 Å². The van der Waals surface area contributed by atoms with Crippen LogP contribution in [-0.2, 0) is 0 Å². The second-order valence-electron chi connectivity index (χ2n) is 5.14. The first-order valence-corrected chi connectivity index (χ1v) is 6.27. The van der Waals surface area contributed by atoms with Crippen LogP contribution in [-0.4, -0.2) is 35.6 Å². The van der Waals surface area contributed by atoms with Gasteiger partial charge in [0.15, 0.2) is 5.65 Å². The van der Waals surface area contributed by atoms with Crippen molar-refractivity contribution >= 4 is 17.0 Å². The Hall–Kier alpha value is -1.62. The van der Waals surface area contributed by atoms with E-state index in [4.69, 9.17) is 5.73 Å². The van der Waals surface area contributed by atoms with Crippen LogP contribution in [0.5, 0.6) is 0 Å². The Labute approximate surface area is 107 Å². The summed E-state index contributed by atoms with van der Waals surface area (Å²) in [4.78, 5) is 14.4. The van der Waals surface area contributed by atoms with Crippen molar-refractivity contribution in [2.24, 2.45) is 11.7 Å². The molecule has 18 heavy (non-hydrogen) atoms. The van der Waals surface area contributed by atoms with Gasteiger partial charge in [-0.3, -0.25) is 0 Å². The van der Waals surface area contributed by atoms with Crippen molar-refractivity contribution in [3.63, 3.8) is 0 Å². The highest BCUT2D eigenvalue weighted by Crippen LogP contribution is 2.23. The first kappa shape index (κ1) is 12.8. The summed E-state index contributed by atoms with van der Waals surface area (Å²) in [6.45, 7) is 4.91. The summed E-state index contributed by atoms with van der Waals surface area (Å²) < 4.78 is 0. The smallest absolute Gasteiger partial charge is 0.179 e. The summed E-state index contributed by atoms with van der Waals surface area (Å²) >= 11 is 0. The average molecular weight is 247 g/mol. The lowest BCUT2D eigenvalue weighted by Crippen LogP contribution is -2.19. The Balaban J connectivity index is 2.43. The molecule has 0 bridgehead atoms. The molecule has 3 N–H and O–H groups in total. The number of hydrogen-bond donors (Lipinski definition) is 2. The van der Waals surface area contributed by atoms with Gasteiger partial charge in [0.1, 0.15) is 11.6 Å². The number of nitrogens with one attached hydrogen (secondary N) is 1. The van der Waals surface area contributed by atoms with Crippen molar-refractivity contribution in [2.75, 3.05) is 25.5 Å². The molecule has 0 amide bonds. The Morgan fingerprint density at radius 1 is 1.28 bits per heavy atom. The molecule has 0 aliphatic carbocycles. The van der Waals surface area contributed by atoms with Gasteiger partial charge >= 0.3 is 0 Å². The van der Waals surface area contributed by atoms with Gasteiger partial charge in [0.25, 0.3) is 0 Å². The van der Waals surface area contributed by atoms with Crippen LogP contribution < -0.4 is 10.6 Å². The summed E-state index contributed by atoms with van der Waals surface area (Å²) in [7, 11) is 3.94. The topological polar surface area (TPSA) is 70.8 Å². The van der Waals surface area contributed by atoms with Crippen LogP contribution >= 0.6 is 0 Å². The summed E-state index contributed by atoms with van der Waals surface area (Å²) in [5.41, 5.74) is 7.54. The molecule has 1 atom stereocenters. The lowest BCUT2D eigenvalue weighted by atomic mass is 9.95. The van der Waals surface area contributed by atoms with E-state index in [9.17, 15) is 0 Å². The minimum Gasteiger partial charge on any atom is -0.363 e. The zero-order chi connectivity index (χ0) is 13.3. The Morgan fingerprint density at radius 2 is 2.00 bits per heavy atom. The number of pyridine rings is 1. The second kappa shape index (κ2) is 4.94. The van der Waals surface area contributed by atoms with Crippen LogP contribution in [0.3, 0.4) is 0 Å². The number of anilines is 1. The highest BCUT2D eigenvalue weighted by molar-refractivity contribution is 5.73. The quantitative estimate of drug-likeness (QED) is 0.863. The molecule has 0 radical (unpaired) electrons. The highest BCUT2D eigenvalue weighted by Gasteiger charge is 2.18. The van der Waals surface area contributed by atoms with Crippen LogP contribution in [0.1, 0.15) is 25.6 Å². The van der Waals surface area contributed by atoms with E-state index in [2.05, 4.69) is 28.8 Å². The van der Waals surface area contributed by atoms with Gasteiger partial charge in [0.05, 0.1) is 5.52 Å². The predicted octanol–water partition coefficient (Wildman–Crippen LogP) is 1.72. The third kappa shape index (κ3) is 2.31. The summed E-state index contributed by atoms with van der Waals surface area (Å²) in [6.07, 6.45) is 0. The van der Waals surface area contributed by atoms with Gasteiger partial charge in [-0.2, -0.15) is 0 Å². The van der Waals surface area contributed by atoms with E-state index in [-0.39, 0.29) is 5.92 Å². The number of aromatic amines is 1. The third-order valence-electron chi connectivity index (χ3n) is 3.22. The largest absolute Gasteiger partial charge is 0.363 e. The molecule has 0 spiro atoms. The molecule has 2 heterocycles. The number of H-pyrrole nitrogens is 1. The molecule has 2 aromatic heterocycles. The predicted molar refractivity (Wildman–Crippen MR) is 74.8 cm³/mol. The average Bonchev–Trinajstić information content (AvgIpc) is 2.71. The van der Waals surface area contributed by atoms with E-state index in [0.29, 0.717) is 12.5 Å². The number of rotatable bonds is 4. The van der Waals surface area contributed by atoms with E-state index in [0.717, 1.165) is 22.8 Å². The van der Waals surface area contributed by atoms with Crippen LogP contribution in [0.2, 0.25) is 0 Å². The van der Waals surface area contributed by atoms with E-state index in [1.54, 1.807) is 0 Å². The number of fused-ring (bicyclic) bond motifs is 1. The maximum absolute atomic E-state index is 5.82. The van der Waals surface area contributed by atoms with Gasteiger partial charge in [0, 0.05) is 26.6 Å². The third-order valence-corrected chi connectivity index (χ3v) is 3.22. The SMILES string of the molecule is CC(C)C(CN)c1nc2nc(N(C)C)ccc2[nH]1. The molecule has 5 nitrogen and oxygen atoms in total. The van der Waals surface area contributed by atoms with Gasteiger partial charge < -0.3 is 15.6 Å². The van der Waals surface area contributed by atoms with Crippen molar-refractivity contribution in [1.29, 1.82) is 0 Å². The van der Waals surface area contributed by atoms with Crippen molar-refractivity contribution in [3.05, 3.63) is 18.0 Å². The summed E-state index contributed by atoms with van der Waals surface area (Å²) in [5, 5.41) is 0. The molecule has 2 rings (SSSR count). The number of aromatic nitrogens is 3. The second-order valence-corrected chi connectivity index (χ2v) is 5.14. The van der Waals surface area contributed by atoms with Crippen LogP contribution in [0, 0.1) is 5.92 Å². The molecule has 0 saturated carbocycles. The van der Waals surface area contributed by atoms with Gasteiger partial charge in [-0.05, 0) is 18.1 Å². The minimum atomic E-state index is 0.252. The number of hydrogen-bond acceptors (Lipinski definition) is 4. The minimum absolute atomic E-state index is 0.252. The normalized spacial score (nSPS) is 13.2. The molecule has 0 saturated heterocycles. The van der Waals surface area contributed by atoms with Crippen LogP contribution in [0.25, 0.3) is 11.2 Å². The summed E-state index contributed by atoms with van der Waals surface area (Å²) in [5.74, 6) is 2.56. The van der Waals surface area contributed by atoms with Crippen LogP contribution in [0.4, 0.5) is 5.82 Å². The standard InChI is InChI=1S/C13H21N5/c1-8(2)9(7-14)12-15-10-5-6-11(18(3)4)16-13(10)17-12/h5-6,8-9H,7,14H2,1-4H3,(H,15,16,17). The first-order valence-electron chi connectivity index (χ1n) is 6.27. The van der Waals surface area contributed by atoms with Gasteiger partial charge in [-0.25, -0.2) is 9.97 Å². The Morgan fingerprint density at radius 3 is 2.56 bits per heavy atom. The van der Waals surface area contributed by atoms with Crippen LogP contribution in [0.15, 0.2) is 12.1 Å². The van der Waals surface area contributed by atoms with Gasteiger partial charge in [0.2, 0.25) is 0 Å². The van der Waals surface area contributed by atoms with Crippen molar-refractivity contribution in [3.8, 4) is 0 Å². The van der Waals surface area contributed by atoms with Crippen molar-refractivity contribution < 1.29 is 0 Å². The number of nitrogens with two attached hydrogens (primary N) is 1. The fraction of sp³-hybridized carbons (Fsp3) is 0.538. The zero-order valence-corrected chi connectivity index (χ0v) is 11.4. The van der Waals surface area contributed by atoms with Gasteiger partial charge in [-0.1, -0.05) is 13.8 Å². The maximum Gasteiger partial charge on any atom is 0.179 e. The molecule has 0 fully saturated rings. The van der Waals surface area contributed by atoms with E-state index >= 15 is 0 Å². The van der Waals surface area contributed by atoms with E-state index < -0.39 is 0 Å². The zero-order valence-electron chi connectivity index (χ0n) is 11.4. The number of imidazole rings is 1. The molecular weight excluding hydrogens is 226 g/mol. The molecule has 0 aliphatic rings. The van der Waals surface area contributed by atoms with Gasteiger partial charge in [-0.15, -0.1) is 0 Å². The Kier molecular flexibility index (Phi) is 3.52. The summed E-state index contributed by atoms with van der Waals surface area (Å²) in [6, 6.07) is 4.00. The molecule has 98 valence electrons. The maximum atomic E-state index is 5.82. The van der Waals surface area contributed by atoms with E-state index in [1.807, 2.05) is 31.1 Å². The first-order chi connectivity index (χ1) is 8.52. The van der Waals surface area contributed by atoms with E-state index in [1.165, 1.54) is 0 Å². The van der Waals surface area contributed by atoms with Crippen molar-refractivity contribution in [1.82, 2.24) is 15.0 Å². The molecule has 0 aliphatic heterocycles. The lowest BCUT2D eigenvalue weighted by molar-refractivity contribution is 0.488. The molecule has 5 heteroatoms. The fourth-order valence-corrected chi connectivity index (χ4v) is 2.03. The molecule has 1 unspecified atom stereocenters. The highest BCUT2D eigenvalue weighted by atomic mass is 15.1. The number of nitrogens with zero attached hydrogens (tertiary/aromatic N) is 3. The molecule has 2 aromatic rings. The monoisotopic (exact) mass is 247 g/mol. The molecular formula is C13H21N5. The fourth-order valence-electron chi connectivity index (χ4n) is 2.03.